The third-order valence-corrected chi connectivity index (χ3v) is 3.25. The second-order valence-corrected chi connectivity index (χ2v) is 4.69. The van der Waals surface area contributed by atoms with Crippen LogP contribution < -0.4 is 10.9 Å². The van der Waals surface area contributed by atoms with Gasteiger partial charge >= 0.3 is 0 Å². The van der Waals surface area contributed by atoms with E-state index in [0.717, 1.165) is 29.6 Å². The predicted molar refractivity (Wildman–Crippen MR) is 78.5 cm³/mol. The molecule has 0 unspecified atom stereocenters. The van der Waals surface area contributed by atoms with Gasteiger partial charge in [0, 0.05) is 43.1 Å². The quantitative estimate of drug-likeness (QED) is 0.690. The molecule has 0 radical (unpaired) electrons. The second kappa shape index (κ2) is 5.71. The van der Waals surface area contributed by atoms with Crippen LogP contribution in [0.25, 0.3) is 10.9 Å². The Labute approximate surface area is 116 Å². The number of nitrogens with zero attached hydrogens (tertiary/aromatic N) is 2. The number of hydrogen-bond donors (Lipinski definition) is 2. The van der Waals surface area contributed by atoms with E-state index in [2.05, 4.69) is 15.3 Å². The molecule has 3 rings (SSSR count). The van der Waals surface area contributed by atoms with Crippen LogP contribution in [0.3, 0.4) is 0 Å². The van der Waals surface area contributed by atoms with Gasteiger partial charge in [-0.3, -0.25) is 4.79 Å². The first-order chi connectivity index (χ1) is 9.83. The van der Waals surface area contributed by atoms with Gasteiger partial charge in [0.1, 0.15) is 0 Å². The average molecular weight is 268 g/mol. The molecule has 0 amide bonds. The van der Waals surface area contributed by atoms with Crippen molar-refractivity contribution < 1.29 is 0 Å². The molecule has 0 bridgehead atoms. The normalized spacial score (nSPS) is 11.0. The molecule has 0 saturated heterocycles. The van der Waals surface area contributed by atoms with Crippen LogP contribution in [-0.4, -0.2) is 21.1 Å². The van der Waals surface area contributed by atoms with E-state index in [1.54, 1.807) is 12.5 Å². The molecular weight excluding hydrogens is 252 g/mol. The maximum absolute atomic E-state index is 11.9. The number of benzene rings is 1. The average Bonchev–Trinajstić information content (AvgIpc) is 2.97. The SMILES string of the molecule is O=c1[nH]c2ccccc2cc1CNCCn1ccnc1. The van der Waals surface area contributed by atoms with Crippen molar-refractivity contribution in [2.24, 2.45) is 0 Å². The minimum atomic E-state index is -0.0289. The van der Waals surface area contributed by atoms with Crippen LogP contribution in [0.5, 0.6) is 0 Å². The number of hydrogen-bond acceptors (Lipinski definition) is 3. The molecule has 2 aromatic heterocycles. The summed E-state index contributed by atoms with van der Waals surface area (Å²) in [6, 6.07) is 9.74. The summed E-state index contributed by atoms with van der Waals surface area (Å²) in [7, 11) is 0. The Morgan fingerprint density at radius 1 is 1.30 bits per heavy atom. The monoisotopic (exact) mass is 268 g/mol. The fourth-order valence-electron chi connectivity index (χ4n) is 2.17. The maximum atomic E-state index is 11.9. The first-order valence-electron chi connectivity index (χ1n) is 6.60. The van der Waals surface area contributed by atoms with Gasteiger partial charge in [0.25, 0.3) is 5.56 Å². The van der Waals surface area contributed by atoms with Crippen LogP contribution in [0.1, 0.15) is 5.56 Å². The summed E-state index contributed by atoms with van der Waals surface area (Å²) in [5, 5.41) is 4.33. The highest BCUT2D eigenvalue weighted by Crippen LogP contribution is 2.09. The summed E-state index contributed by atoms with van der Waals surface area (Å²) < 4.78 is 2.00. The standard InChI is InChI=1S/C15H16N4O/c20-15-13(9-12-3-1-2-4-14(12)18-15)10-16-5-7-19-8-6-17-11-19/h1-4,6,8-9,11,16H,5,7,10H2,(H,18,20). The summed E-state index contributed by atoms with van der Waals surface area (Å²) in [6.07, 6.45) is 5.46. The van der Waals surface area contributed by atoms with Crippen LogP contribution >= 0.6 is 0 Å². The summed E-state index contributed by atoms with van der Waals surface area (Å²) in [6.45, 7) is 2.20. The van der Waals surface area contributed by atoms with Gasteiger partial charge in [-0.15, -0.1) is 0 Å². The highest BCUT2D eigenvalue weighted by molar-refractivity contribution is 5.78. The smallest absolute Gasteiger partial charge is 0.252 e. The zero-order chi connectivity index (χ0) is 13.8. The highest BCUT2D eigenvalue weighted by Gasteiger charge is 2.02. The van der Waals surface area contributed by atoms with Crippen LogP contribution in [0.2, 0.25) is 0 Å². The molecule has 0 spiro atoms. The zero-order valence-electron chi connectivity index (χ0n) is 11.0. The molecule has 3 aromatic rings. The van der Waals surface area contributed by atoms with Crippen LogP contribution in [-0.2, 0) is 13.1 Å². The van der Waals surface area contributed by atoms with E-state index in [4.69, 9.17) is 0 Å². The molecule has 5 nitrogen and oxygen atoms in total. The van der Waals surface area contributed by atoms with Gasteiger partial charge in [-0.1, -0.05) is 18.2 Å². The van der Waals surface area contributed by atoms with E-state index in [1.165, 1.54) is 0 Å². The largest absolute Gasteiger partial charge is 0.336 e. The molecule has 0 fully saturated rings. The van der Waals surface area contributed by atoms with Gasteiger partial charge in [0.05, 0.1) is 6.33 Å². The van der Waals surface area contributed by atoms with Gasteiger partial charge in [-0.05, 0) is 17.5 Å². The summed E-state index contributed by atoms with van der Waals surface area (Å²) >= 11 is 0. The topological polar surface area (TPSA) is 62.7 Å². The number of pyridine rings is 1. The molecule has 0 atom stereocenters. The molecule has 0 aliphatic carbocycles. The van der Waals surface area contributed by atoms with Gasteiger partial charge < -0.3 is 14.9 Å². The number of aromatic amines is 1. The summed E-state index contributed by atoms with van der Waals surface area (Å²) in [4.78, 5) is 18.8. The number of rotatable bonds is 5. The second-order valence-electron chi connectivity index (χ2n) is 4.69. The molecule has 0 saturated carbocycles. The van der Waals surface area contributed by atoms with Crippen LogP contribution in [0.15, 0.2) is 53.8 Å². The number of fused-ring (bicyclic) bond motifs is 1. The maximum Gasteiger partial charge on any atom is 0.252 e. The van der Waals surface area contributed by atoms with E-state index in [9.17, 15) is 4.79 Å². The number of para-hydroxylation sites is 1. The molecule has 102 valence electrons. The van der Waals surface area contributed by atoms with Crippen molar-refractivity contribution in [1.82, 2.24) is 19.9 Å². The number of H-pyrrole nitrogens is 1. The van der Waals surface area contributed by atoms with Crippen molar-refractivity contribution in [3.8, 4) is 0 Å². The third-order valence-electron chi connectivity index (χ3n) is 3.25. The Balaban J connectivity index is 1.65. The highest BCUT2D eigenvalue weighted by atomic mass is 16.1. The van der Waals surface area contributed by atoms with E-state index < -0.39 is 0 Å². The Morgan fingerprint density at radius 3 is 3.05 bits per heavy atom. The number of nitrogens with one attached hydrogen (secondary N) is 2. The molecule has 5 heteroatoms. The predicted octanol–water partition coefficient (Wildman–Crippen LogP) is 1.51. The van der Waals surface area contributed by atoms with Crippen molar-refractivity contribution in [2.75, 3.05) is 6.54 Å². The molecule has 0 aliphatic heterocycles. The lowest BCUT2D eigenvalue weighted by Gasteiger charge is -2.06. The molecule has 2 N–H and O–H groups in total. The molecule has 0 aliphatic rings. The van der Waals surface area contributed by atoms with Crippen molar-refractivity contribution >= 4 is 10.9 Å². The number of aromatic nitrogens is 3. The third kappa shape index (κ3) is 2.78. The van der Waals surface area contributed by atoms with E-state index in [0.29, 0.717) is 6.54 Å². The minimum absolute atomic E-state index is 0.0289. The van der Waals surface area contributed by atoms with Crippen molar-refractivity contribution in [3.63, 3.8) is 0 Å². The van der Waals surface area contributed by atoms with Gasteiger partial charge in [0.2, 0.25) is 0 Å². The lowest BCUT2D eigenvalue weighted by atomic mass is 10.1. The Hall–Kier alpha value is -2.40. The lowest BCUT2D eigenvalue weighted by Crippen LogP contribution is -2.23. The Kier molecular flexibility index (Phi) is 3.60. The summed E-state index contributed by atoms with van der Waals surface area (Å²) in [5.41, 5.74) is 1.60. The van der Waals surface area contributed by atoms with Gasteiger partial charge in [-0.25, -0.2) is 4.98 Å². The minimum Gasteiger partial charge on any atom is -0.336 e. The van der Waals surface area contributed by atoms with Crippen molar-refractivity contribution in [2.45, 2.75) is 13.1 Å². The molecule has 1 aromatic carbocycles. The number of imidazole rings is 1. The van der Waals surface area contributed by atoms with E-state index in [1.807, 2.05) is 41.1 Å². The zero-order valence-corrected chi connectivity index (χ0v) is 11.0. The van der Waals surface area contributed by atoms with E-state index >= 15 is 0 Å². The van der Waals surface area contributed by atoms with E-state index in [-0.39, 0.29) is 5.56 Å². The fraction of sp³-hybridized carbons (Fsp3) is 0.200. The first-order valence-corrected chi connectivity index (χ1v) is 6.60. The fourth-order valence-corrected chi connectivity index (χ4v) is 2.17. The molecular formula is C15H16N4O. The van der Waals surface area contributed by atoms with Crippen molar-refractivity contribution in [3.05, 3.63) is 65.0 Å². The van der Waals surface area contributed by atoms with Gasteiger partial charge in [-0.2, -0.15) is 0 Å². The Bertz CT molecular complexity index is 746. The van der Waals surface area contributed by atoms with Crippen LogP contribution in [0.4, 0.5) is 0 Å². The lowest BCUT2D eigenvalue weighted by molar-refractivity contribution is 0.595. The first kappa shape index (κ1) is 12.6. The molecule has 20 heavy (non-hydrogen) atoms. The van der Waals surface area contributed by atoms with Gasteiger partial charge in [0.15, 0.2) is 0 Å². The molecule has 2 heterocycles. The Morgan fingerprint density at radius 2 is 2.20 bits per heavy atom. The van der Waals surface area contributed by atoms with Crippen molar-refractivity contribution in [1.29, 1.82) is 0 Å². The summed E-state index contributed by atoms with van der Waals surface area (Å²) in [5.74, 6) is 0. The van der Waals surface area contributed by atoms with Crippen LogP contribution in [0, 0.1) is 0 Å².